The van der Waals surface area contributed by atoms with Gasteiger partial charge in [0.1, 0.15) is 11.5 Å². The Balaban J connectivity index is 1.64. The number of nitrogens with one attached hydrogen (secondary N) is 1. The molecule has 39 heavy (non-hydrogen) atoms. The smallest absolute Gasteiger partial charge is 0.271 e. The molecule has 0 saturated carbocycles. The Bertz CT molecular complexity index is 1740. The zero-order chi connectivity index (χ0) is 27.5. The van der Waals surface area contributed by atoms with Gasteiger partial charge in [-0.2, -0.15) is 0 Å². The molecule has 3 aromatic carbocycles. The highest BCUT2D eigenvalue weighted by Gasteiger charge is 2.32. The van der Waals surface area contributed by atoms with Crippen molar-refractivity contribution in [2.45, 2.75) is 19.9 Å². The van der Waals surface area contributed by atoms with E-state index in [4.69, 9.17) is 21.1 Å². The summed E-state index contributed by atoms with van der Waals surface area (Å²) in [6, 6.07) is 21.3. The molecule has 9 heteroatoms. The third-order valence-corrected chi connectivity index (χ3v) is 7.56. The zero-order valence-electron chi connectivity index (χ0n) is 21.6. The van der Waals surface area contributed by atoms with E-state index in [0.717, 1.165) is 11.1 Å². The molecule has 1 aliphatic rings. The van der Waals surface area contributed by atoms with Gasteiger partial charge in [0.15, 0.2) is 4.80 Å². The van der Waals surface area contributed by atoms with E-state index in [0.29, 0.717) is 49.4 Å². The van der Waals surface area contributed by atoms with Crippen LogP contribution in [0.4, 0.5) is 5.69 Å². The van der Waals surface area contributed by atoms with Gasteiger partial charge in [0.2, 0.25) is 0 Å². The first-order valence-electron chi connectivity index (χ1n) is 12.3. The third kappa shape index (κ3) is 5.39. The maximum Gasteiger partial charge on any atom is 0.271 e. The van der Waals surface area contributed by atoms with Crippen molar-refractivity contribution in [3.05, 3.63) is 120 Å². The SMILES string of the molecule is CCOc1ccc(/C=c2/sc3n(c2=O)[C@H](c2ccc(OC)cc2)C(C(=O)Nc2ccccc2)=C(C)N=3)cc1Cl. The second-order valence-corrected chi connectivity index (χ2v) is 10.2. The van der Waals surface area contributed by atoms with Gasteiger partial charge in [-0.1, -0.05) is 59.3 Å². The van der Waals surface area contributed by atoms with Gasteiger partial charge >= 0.3 is 0 Å². The molecule has 0 aliphatic carbocycles. The van der Waals surface area contributed by atoms with Crippen LogP contribution in [0.3, 0.4) is 0 Å². The number of halogens is 1. The lowest BCUT2D eigenvalue weighted by atomic mass is 9.95. The summed E-state index contributed by atoms with van der Waals surface area (Å²) >= 11 is 7.65. The van der Waals surface area contributed by atoms with Crippen LogP contribution in [0.25, 0.3) is 6.08 Å². The van der Waals surface area contributed by atoms with E-state index in [9.17, 15) is 9.59 Å². The van der Waals surface area contributed by atoms with Gasteiger partial charge < -0.3 is 14.8 Å². The summed E-state index contributed by atoms with van der Waals surface area (Å²) in [5.41, 5.74) is 2.86. The van der Waals surface area contributed by atoms with Crippen LogP contribution in [0, 0.1) is 0 Å². The van der Waals surface area contributed by atoms with Crippen molar-refractivity contribution < 1.29 is 14.3 Å². The number of nitrogens with zero attached hydrogens (tertiary/aromatic N) is 2. The van der Waals surface area contributed by atoms with E-state index in [1.165, 1.54) is 11.3 Å². The summed E-state index contributed by atoms with van der Waals surface area (Å²) in [4.78, 5) is 32.7. The summed E-state index contributed by atoms with van der Waals surface area (Å²) in [5.74, 6) is 0.937. The molecule has 0 saturated heterocycles. The zero-order valence-corrected chi connectivity index (χ0v) is 23.2. The number of fused-ring (bicyclic) bond motifs is 1. The number of benzene rings is 3. The summed E-state index contributed by atoms with van der Waals surface area (Å²) < 4.78 is 12.9. The Kier molecular flexibility index (Phi) is 7.67. The van der Waals surface area contributed by atoms with Gasteiger partial charge in [0.05, 0.1) is 40.6 Å². The maximum absolute atomic E-state index is 13.9. The average Bonchev–Trinajstić information content (AvgIpc) is 3.24. The third-order valence-electron chi connectivity index (χ3n) is 6.28. The number of para-hydroxylation sites is 1. The fraction of sp³-hybridized carbons (Fsp3) is 0.167. The summed E-state index contributed by atoms with van der Waals surface area (Å²) in [6.45, 7) is 4.18. The molecule has 1 amide bonds. The van der Waals surface area contributed by atoms with Crippen molar-refractivity contribution in [1.29, 1.82) is 0 Å². The van der Waals surface area contributed by atoms with E-state index in [1.54, 1.807) is 36.8 Å². The van der Waals surface area contributed by atoms with E-state index in [2.05, 4.69) is 10.3 Å². The second kappa shape index (κ2) is 11.3. The summed E-state index contributed by atoms with van der Waals surface area (Å²) in [6.07, 6.45) is 1.78. The Hall–Kier alpha value is -4.14. The van der Waals surface area contributed by atoms with Crippen molar-refractivity contribution in [2.24, 2.45) is 4.99 Å². The molecule has 1 N–H and O–H groups in total. The predicted octanol–water partition coefficient (Wildman–Crippen LogP) is 4.93. The largest absolute Gasteiger partial charge is 0.497 e. The summed E-state index contributed by atoms with van der Waals surface area (Å²) in [5, 5.41) is 3.42. The molecule has 7 nitrogen and oxygen atoms in total. The number of carbonyl (C=O) groups excluding carboxylic acids is 1. The van der Waals surface area contributed by atoms with Gasteiger partial charge in [-0.3, -0.25) is 14.2 Å². The van der Waals surface area contributed by atoms with Crippen molar-refractivity contribution in [3.63, 3.8) is 0 Å². The highest BCUT2D eigenvalue weighted by Crippen LogP contribution is 2.32. The van der Waals surface area contributed by atoms with Gasteiger partial charge in [0, 0.05) is 5.69 Å². The topological polar surface area (TPSA) is 81.9 Å². The summed E-state index contributed by atoms with van der Waals surface area (Å²) in [7, 11) is 1.59. The van der Waals surface area contributed by atoms with E-state index < -0.39 is 6.04 Å². The van der Waals surface area contributed by atoms with Crippen molar-refractivity contribution in [3.8, 4) is 11.5 Å². The highest BCUT2D eigenvalue weighted by molar-refractivity contribution is 7.07. The molecule has 0 unspecified atom stereocenters. The van der Waals surface area contributed by atoms with Crippen molar-refractivity contribution in [2.75, 3.05) is 19.0 Å². The average molecular weight is 560 g/mol. The number of hydrogen-bond donors (Lipinski definition) is 1. The number of thiazole rings is 1. The molecule has 198 valence electrons. The fourth-order valence-electron chi connectivity index (χ4n) is 4.46. The number of methoxy groups -OCH3 is 1. The minimum atomic E-state index is -0.679. The molecule has 5 rings (SSSR count). The lowest BCUT2D eigenvalue weighted by molar-refractivity contribution is -0.113. The molecule has 1 aliphatic heterocycles. The minimum Gasteiger partial charge on any atom is -0.497 e. The lowest BCUT2D eigenvalue weighted by Gasteiger charge is -2.25. The fourth-order valence-corrected chi connectivity index (χ4v) is 5.75. The number of hydrogen-bond acceptors (Lipinski definition) is 6. The van der Waals surface area contributed by atoms with Gasteiger partial charge in [-0.25, -0.2) is 4.99 Å². The highest BCUT2D eigenvalue weighted by atomic mass is 35.5. The van der Waals surface area contributed by atoms with E-state index in [-0.39, 0.29) is 11.5 Å². The normalized spacial score (nSPS) is 15.0. The Morgan fingerprint density at radius 3 is 2.54 bits per heavy atom. The van der Waals surface area contributed by atoms with Crippen LogP contribution in [-0.4, -0.2) is 24.2 Å². The van der Waals surface area contributed by atoms with Crippen LogP contribution >= 0.6 is 22.9 Å². The van der Waals surface area contributed by atoms with E-state index >= 15 is 0 Å². The van der Waals surface area contributed by atoms with Crippen LogP contribution in [0.2, 0.25) is 5.02 Å². The molecule has 1 atom stereocenters. The first-order chi connectivity index (χ1) is 18.9. The van der Waals surface area contributed by atoms with Gasteiger partial charge in [-0.15, -0.1) is 0 Å². The number of allylic oxidation sites excluding steroid dienone is 1. The number of aromatic nitrogens is 1. The first-order valence-corrected chi connectivity index (χ1v) is 13.5. The molecule has 0 spiro atoms. The standard InChI is InChI=1S/C30H26ClN3O4S/c1-4-38-24-15-10-19(16-23(24)31)17-25-29(36)34-27(20-11-13-22(37-3)14-12-20)26(18(2)32-30(34)39-25)28(35)33-21-8-6-5-7-9-21/h5-17,27H,4H2,1-3H3,(H,33,35)/b25-17+/t27-/m1/s1. The molecule has 0 fully saturated rings. The van der Waals surface area contributed by atoms with Crippen LogP contribution in [-0.2, 0) is 4.79 Å². The Labute approximate surface area is 234 Å². The van der Waals surface area contributed by atoms with Crippen molar-refractivity contribution in [1.82, 2.24) is 4.57 Å². The van der Waals surface area contributed by atoms with Crippen LogP contribution in [0.1, 0.15) is 31.0 Å². The Morgan fingerprint density at radius 1 is 1.13 bits per heavy atom. The van der Waals surface area contributed by atoms with Crippen LogP contribution in [0.15, 0.2) is 93.9 Å². The van der Waals surface area contributed by atoms with Crippen LogP contribution < -0.4 is 29.7 Å². The molecule has 2 heterocycles. The number of carbonyl (C=O) groups is 1. The Morgan fingerprint density at radius 2 is 1.87 bits per heavy atom. The van der Waals surface area contributed by atoms with Gasteiger partial charge in [0.25, 0.3) is 11.5 Å². The maximum atomic E-state index is 13.9. The van der Waals surface area contributed by atoms with E-state index in [1.807, 2.05) is 67.6 Å². The molecule has 0 bridgehead atoms. The first kappa shape index (κ1) is 26.5. The molecule has 4 aromatic rings. The molecular formula is C30H26ClN3O4S. The number of amides is 1. The number of rotatable bonds is 7. The number of anilines is 1. The lowest BCUT2D eigenvalue weighted by Crippen LogP contribution is -2.40. The molecule has 0 radical (unpaired) electrons. The molecule has 1 aromatic heterocycles. The molecular weight excluding hydrogens is 534 g/mol. The predicted molar refractivity (Wildman–Crippen MR) is 154 cm³/mol. The second-order valence-electron chi connectivity index (χ2n) is 8.80. The van der Waals surface area contributed by atoms with Crippen LogP contribution in [0.5, 0.6) is 11.5 Å². The van der Waals surface area contributed by atoms with Gasteiger partial charge in [-0.05, 0) is 67.4 Å². The minimum absolute atomic E-state index is 0.248. The van der Waals surface area contributed by atoms with Crippen molar-refractivity contribution >= 4 is 40.6 Å². The number of ether oxygens (including phenoxy) is 2. The quantitative estimate of drug-likeness (QED) is 0.348. The monoisotopic (exact) mass is 559 g/mol.